The second-order valence-electron chi connectivity index (χ2n) is 5.81. The highest BCUT2D eigenvalue weighted by Crippen LogP contribution is 2.34. The van der Waals surface area contributed by atoms with Crippen molar-refractivity contribution in [3.63, 3.8) is 0 Å². The van der Waals surface area contributed by atoms with E-state index in [-0.39, 0.29) is 0 Å². The third-order valence-corrected chi connectivity index (χ3v) is 4.51. The van der Waals surface area contributed by atoms with Crippen LogP contribution in [0.1, 0.15) is 17.5 Å². The Morgan fingerprint density at radius 2 is 2.08 bits per heavy atom. The Labute approximate surface area is 144 Å². The van der Waals surface area contributed by atoms with Gasteiger partial charge in [0.1, 0.15) is 18.2 Å². The van der Waals surface area contributed by atoms with E-state index in [0.29, 0.717) is 11.6 Å². The Morgan fingerprint density at radius 3 is 2.88 bits per heavy atom. The molecule has 2 aromatic carbocycles. The lowest BCUT2D eigenvalue weighted by molar-refractivity contribution is -0.109. The molecule has 0 saturated carbocycles. The van der Waals surface area contributed by atoms with E-state index in [1.54, 1.807) is 0 Å². The summed E-state index contributed by atoms with van der Waals surface area (Å²) in [5, 5.41) is 4.95. The number of hydrazone groups is 1. The number of ether oxygens (including phenoxy) is 1. The van der Waals surface area contributed by atoms with Gasteiger partial charge in [-0.1, -0.05) is 23.7 Å². The lowest BCUT2D eigenvalue weighted by Crippen LogP contribution is -2.43. The number of rotatable bonds is 4. The minimum absolute atomic E-state index is 0.417. The third kappa shape index (κ3) is 2.71. The van der Waals surface area contributed by atoms with Gasteiger partial charge in [0.25, 0.3) is 0 Å². The van der Waals surface area contributed by atoms with E-state index in [1.807, 2.05) is 47.4 Å². The van der Waals surface area contributed by atoms with Gasteiger partial charge in [-0.2, -0.15) is 5.10 Å². The first-order valence-corrected chi connectivity index (χ1v) is 8.19. The molecule has 122 valence electrons. The number of nitrogens with one attached hydrogen (secondary N) is 1. The molecule has 2 aliphatic rings. The van der Waals surface area contributed by atoms with E-state index in [1.165, 1.54) is 0 Å². The van der Waals surface area contributed by atoms with Gasteiger partial charge in [0.05, 0.1) is 0 Å². The third-order valence-electron chi connectivity index (χ3n) is 4.26. The molecule has 1 unspecified atom stereocenters. The maximum Gasteiger partial charge on any atom is 0.177 e. The molecule has 0 radical (unpaired) electrons. The first kappa shape index (κ1) is 15.0. The van der Waals surface area contributed by atoms with Gasteiger partial charge in [0.15, 0.2) is 12.5 Å². The Morgan fingerprint density at radius 1 is 1.25 bits per heavy atom. The number of amidine groups is 1. The molecule has 0 fully saturated rings. The van der Waals surface area contributed by atoms with Crippen LogP contribution in [0.3, 0.4) is 0 Å². The molecule has 0 spiro atoms. The van der Waals surface area contributed by atoms with Crippen molar-refractivity contribution in [1.29, 1.82) is 0 Å². The van der Waals surface area contributed by atoms with Crippen molar-refractivity contribution in [2.45, 2.75) is 25.6 Å². The molecular formula is C18H16ClN3O2. The number of aryl methyl sites for hydroxylation is 1. The summed E-state index contributed by atoms with van der Waals surface area (Å²) in [5.74, 6) is 1.73. The van der Waals surface area contributed by atoms with Crippen molar-refractivity contribution in [1.82, 2.24) is 5.43 Å². The number of anilines is 1. The first-order valence-electron chi connectivity index (χ1n) is 7.81. The summed E-state index contributed by atoms with van der Waals surface area (Å²) in [6.07, 6.45) is 2.15. The fraction of sp³-hybridized carbons (Fsp3) is 0.222. The van der Waals surface area contributed by atoms with Gasteiger partial charge < -0.3 is 4.74 Å². The van der Waals surface area contributed by atoms with Crippen molar-refractivity contribution in [2.75, 3.05) is 4.90 Å². The molecule has 5 nitrogen and oxygen atoms in total. The summed E-state index contributed by atoms with van der Waals surface area (Å²) < 4.78 is 5.89. The average Bonchev–Trinajstić information content (AvgIpc) is 3.04. The van der Waals surface area contributed by atoms with Crippen molar-refractivity contribution >= 4 is 29.4 Å². The number of fused-ring (bicyclic) bond motifs is 3. The molecule has 0 amide bonds. The summed E-state index contributed by atoms with van der Waals surface area (Å²) in [7, 11) is 0. The molecule has 0 aliphatic carbocycles. The van der Waals surface area contributed by atoms with E-state index in [9.17, 15) is 4.79 Å². The summed E-state index contributed by atoms with van der Waals surface area (Å²) >= 11 is 5.89. The smallest absolute Gasteiger partial charge is 0.177 e. The van der Waals surface area contributed by atoms with Crippen LogP contribution in [0.25, 0.3) is 0 Å². The number of hydrogen-bond acceptors (Lipinski definition) is 5. The molecule has 2 aliphatic heterocycles. The van der Waals surface area contributed by atoms with Gasteiger partial charge in [-0.15, -0.1) is 0 Å². The molecule has 1 N–H and O–H groups in total. The summed E-state index contributed by atoms with van der Waals surface area (Å²) in [4.78, 5) is 13.2. The van der Waals surface area contributed by atoms with Crippen LogP contribution in [0, 0.1) is 0 Å². The summed E-state index contributed by atoms with van der Waals surface area (Å²) in [5.41, 5.74) is 6.10. The van der Waals surface area contributed by atoms with E-state index >= 15 is 0 Å². The Balaban J connectivity index is 1.52. The average molecular weight is 342 g/mol. The van der Waals surface area contributed by atoms with Crippen LogP contribution in [0.5, 0.6) is 5.75 Å². The monoisotopic (exact) mass is 341 g/mol. The normalized spacial score (nSPS) is 18.3. The van der Waals surface area contributed by atoms with Crippen LogP contribution in [0.2, 0.25) is 5.02 Å². The van der Waals surface area contributed by atoms with Gasteiger partial charge in [-0.05, 0) is 47.9 Å². The van der Waals surface area contributed by atoms with Gasteiger partial charge in [0.2, 0.25) is 0 Å². The van der Waals surface area contributed by atoms with Crippen LogP contribution >= 0.6 is 11.6 Å². The number of halogens is 1. The first-order chi connectivity index (χ1) is 11.7. The molecular weight excluding hydrogens is 326 g/mol. The molecule has 2 heterocycles. The molecule has 24 heavy (non-hydrogen) atoms. The van der Waals surface area contributed by atoms with Gasteiger partial charge in [0, 0.05) is 17.1 Å². The van der Waals surface area contributed by atoms with Crippen LogP contribution in [0.4, 0.5) is 5.69 Å². The second-order valence-corrected chi connectivity index (χ2v) is 6.25. The van der Waals surface area contributed by atoms with Gasteiger partial charge in [-0.3, -0.25) is 15.1 Å². The minimum Gasteiger partial charge on any atom is -0.489 e. The number of hydrogen-bond donors (Lipinski definition) is 1. The number of carbonyl (C=O) groups excluding carboxylic acids is 1. The number of carbonyl (C=O) groups is 1. The van der Waals surface area contributed by atoms with Crippen LogP contribution in [-0.4, -0.2) is 18.3 Å². The van der Waals surface area contributed by atoms with Gasteiger partial charge in [-0.25, -0.2) is 0 Å². The fourth-order valence-electron chi connectivity index (χ4n) is 3.05. The maximum absolute atomic E-state index is 11.2. The highest BCUT2D eigenvalue weighted by molar-refractivity contribution is 6.30. The quantitative estimate of drug-likeness (QED) is 0.868. The van der Waals surface area contributed by atoms with E-state index in [2.05, 4.69) is 10.5 Å². The topological polar surface area (TPSA) is 53.9 Å². The second kappa shape index (κ2) is 6.17. The summed E-state index contributed by atoms with van der Waals surface area (Å²) in [6.45, 7) is 0.491. The highest BCUT2D eigenvalue weighted by Gasteiger charge is 2.33. The largest absolute Gasteiger partial charge is 0.489 e. The minimum atomic E-state index is -0.417. The predicted molar refractivity (Wildman–Crippen MR) is 93.4 cm³/mol. The lowest BCUT2D eigenvalue weighted by atomic mass is 10.0. The SMILES string of the molecule is O=CC1NN=C2CCc3cc(OCc4ccc(Cl)cc4)ccc3N21. The molecule has 0 aromatic heterocycles. The van der Waals surface area contributed by atoms with Crippen molar-refractivity contribution < 1.29 is 9.53 Å². The van der Waals surface area contributed by atoms with E-state index in [4.69, 9.17) is 16.3 Å². The number of benzene rings is 2. The fourth-order valence-corrected chi connectivity index (χ4v) is 3.18. The molecule has 0 saturated heterocycles. The zero-order valence-electron chi connectivity index (χ0n) is 12.9. The van der Waals surface area contributed by atoms with E-state index in [0.717, 1.165) is 47.5 Å². The Bertz CT molecular complexity index is 804. The molecule has 0 bridgehead atoms. The number of nitrogens with zero attached hydrogens (tertiary/aromatic N) is 2. The Hall–Kier alpha value is -2.53. The molecule has 2 aromatic rings. The van der Waals surface area contributed by atoms with Crippen LogP contribution < -0.4 is 15.1 Å². The van der Waals surface area contributed by atoms with Gasteiger partial charge >= 0.3 is 0 Å². The molecule has 6 heteroatoms. The van der Waals surface area contributed by atoms with Crippen LogP contribution in [-0.2, 0) is 17.8 Å². The standard InChI is InChI=1S/C18H16ClN3O2/c19-14-4-1-12(2-5-14)11-24-15-6-7-16-13(9-15)3-8-17-20-21-18(10-23)22(16)17/h1-2,4-7,9-10,18,21H,3,8,11H2. The lowest BCUT2D eigenvalue weighted by Gasteiger charge is -2.30. The summed E-state index contributed by atoms with van der Waals surface area (Å²) in [6, 6.07) is 13.6. The van der Waals surface area contributed by atoms with Crippen molar-refractivity contribution in [3.8, 4) is 5.75 Å². The zero-order valence-corrected chi connectivity index (χ0v) is 13.7. The van der Waals surface area contributed by atoms with Crippen molar-refractivity contribution in [2.24, 2.45) is 5.10 Å². The highest BCUT2D eigenvalue weighted by atomic mass is 35.5. The molecule has 4 rings (SSSR count). The zero-order chi connectivity index (χ0) is 16.5. The van der Waals surface area contributed by atoms with Crippen LogP contribution in [0.15, 0.2) is 47.6 Å². The Kier molecular flexibility index (Phi) is 3.86. The van der Waals surface area contributed by atoms with Crippen molar-refractivity contribution in [3.05, 3.63) is 58.6 Å². The number of aldehydes is 1. The predicted octanol–water partition coefficient (Wildman–Crippen LogP) is 3.11. The van der Waals surface area contributed by atoms with E-state index < -0.39 is 6.17 Å². The molecule has 1 atom stereocenters. The maximum atomic E-state index is 11.2.